The van der Waals surface area contributed by atoms with Crippen LogP contribution < -0.4 is 0 Å². The number of hydrogen-bond acceptors (Lipinski definition) is 5. The van der Waals surface area contributed by atoms with Crippen LogP contribution in [0, 0.1) is 0 Å². The Balaban J connectivity index is 2.63. The van der Waals surface area contributed by atoms with Crippen molar-refractivity contribution < 1.29 is 26.9 Å². The molecule has 0 saturated carbocycles. The molecule has 0 unspecified atom stereocenters. The van der Waals surface area contributed by atoms with Crippen molar-refractivity contribution in [1.82, 2.24) is 0 Å². The number of carboxylic acid groups (broad SMARTS) is 1. The van der Waals surface area contributed by atoms with Crippen LogP contribution in [-0.4, -0.2) is 25.2 Å². The summed E-state index contributed by atoms with van der Waals surface area (Å²) in [6.07, 6.45) is 0. The highest BCUT2D eigenvalue weighted by molar-refractivity contribution is 7.86. The third-order valence-electron chi connectivity index (χ3n) is 1.61. The minimum absolute atomic E-state index is 0.139. The number of furan rings is 1. The Kier molecular flexibility index (Phi) is 3.48. The first-order valence-electron chi connectivity index (χ1n) is 4.13. The van der Waals surface area contributed by atoms with E-state index in [4.69, 9.17) is 9.52 Å². The first-order chi connectivity index (χ1) is 6.94. The van der Waals surface area contributed by atoms with Gasteiger partial charge in [0.2, 0.25) is 5.76 Å². The topological polar surface area (TPSA) is 93.8 Å². The molecule has 1 aromatic rings. The van der Waals surface area contributed by atoms with Crippen LogP contribution >= 0.6 is 0 Å². The molecule has 0 saturated heterocycles. The van der Waals surface area contributed by atoms with Crippen molar-refractivity contribution in [1.29, 1.82) is 0 Å². The van der Waals surface area contributed by atoms with Gasteiger partial charge in [0, 0.05) is 0 Å². The van der Waals surface area contributed by atoms with Crippen molar-refractivity contribution in [3.8, 4) is 0 Å². The summed E-state index contributed by atoms with van der Waals surface area (Å²) in [6, 6.07) is 2.59. The second-order valence-electron chi connectivity index (χ2n) is 2.68. The van der Waals surface area contributed by atoms with Gasteiger partial charge in [-0.2, -0.15) is 8.42 Å². The van der Waals surface area contributed by atoms with Gasteiger partial charge in [0.25, 0.3) is 10.1 Å². The molecule has 0 radical (unpaired) electrons. The second kappa shape index (κ2) is 4.45. The van der Waals surface area contributed by atoms with Gasteiger partial charge in [-0.25, -0.2) is 4.79 Å². The van der Waals surface area contributed by atoms with Crippen molar-refractivity contribution in [3.63, 3.8) is 0 Å². The van der Waals surface area contributed by atoms with E-state index >= 15 is 0 Å². The predicted octanol–water partition coefficient (Wildman–Crippen LogP) is 0.844. The van der Waals surface area contributed by atoms with Crippen molar-refractivity contribution in [2.45, 2.75) is 13.5 Å². The van der Waals surface area contributed by atoms with Gasteiger partial charge < -0.3 is 9.52 Å². The second-order valence-corrected chi connectivity index (χ2v) is 4.61. The predicted molar refractivity (Wildman–Crippen MR) is 49.9 cm³/mol. The molecule has 0 bridgehead atoms. The number of carbonyl (C=O) groups is 1. The largest absolute Gasteiger partial charge is 0.475 e. The van der Waals surface area contributed by atoms with E-state index in [1.165, 1.54) is 19.1 Å². The monoisotopic (exact) mass is 234 g/mol. The van der Waals surface area contributed by atoms with Gasteiger partial charge in [-0.1, -0.05) is 0 Å². The molecule has 84 valence electrons. The highest BCUT2D eigenvalue weighted by Crippen LogP contribution is 2.10. The molecule has 0 fully saturated rings. The Labute approximate surface area is 86.6 Å². The molecule has 0 amide bonds. The fourth-order valence-electron chi connectivity index (χ4n) is 0.802. The average molecular weight is 234 g/mol. The molecule has 7 heteroatoms. The van der Waals surface area contributed by atoms with Crippen molar-refractivity contribution >= 4 is 16.1 Å². The summed E-state index contributed by atoms with van der Waals surface area (Å²) in [5, 5.41) is 8.52. The van der Waals surface area contributed by atoms with Crippen LogP contribution in [0.5, 0.6) is 0 Å². The van der Waals surface area contributed by atoms with Crippen molar-refractivity contribution in [3.05, 3.63) is 23.7 Å². The van der Waals surface area contributed by atoms with Crippen LogP contribution in [0.2, 0.25) is 0 Å². The van der Waals surface area contributed by atoms with Crippen LogP contribution in [0.1, 0.15) is 23.2 Å². The third kappa shape index (κ3) is 3.37. The maximum Gasteiger partial charge on any atom is 0.371 e. The van der Waals surface area contributed by atoms with E-state index in [9.17, 15) is 13.2 Å². The van der Waals surface area contributed by atoms with E-state index in [2.05, 4.69) is 4.18 Å². The molecule has 15 heavy (non-hydrogen) atoms. The zero-order valence-electron chi connectivity index (χ0n) is 7.97. The average Bonchev–Trinajstić information content (AvgIpc) is 2.63. The van der Waals surface area contributed by atoms with E-state index < -0.39 is 16.1 Å². The summed E-state index contributed by atoms with van der Waals surface area (Å²) in [6.45, 7) is 1.16. The first-order valence-corrected chi connectivity index (χ1v) is 5.71. The first kappa shape index (κ1) is 11.7. The standard InChI is InChI=1S/C8H10O6S/c1-2-15(11,12)13-5-6-3-4-7(14-6)8(9)10/h3-4H,2,5H2,1H3,(H,9,10). The van der Waals surface area contributed by atoms with Gasteiger partial charge >= 0.3 is 5.97 Å². The molecule has 6 nitrogen and oxygen atoms in total. The SMILES string of the molecule is CCS(=O)(=O)OCc1ccc(C(=O)O)o1. The zero-order valence-corrected chi connectivity index (χ0v) is 8.78. The minimum Gasteiger partial charge on any atom is -0.475 e. The van der Waals surface area contributed by atoms with Crippen molar-refractivity contribution in [2.75, 3.05) is 5.75 Å². The van der Waals surface area contributed by atoms with Gasteiger partial charge in [-0.05, 0) is 19.1 Å². The highest BCUT2D eigenvalue weighted by atomic mass is 32.2. The van der Waals surface area contributed by atoms with Gasteiger partial charge in [0.05, 0.1) is 5.75 Å². The third-order valence-corrected chi connectivity index (χ3v) is 2.79. The van der Waals surface area contributed by atoms with Crippen LogP contribution in [0.25, 0.3) is 0 Å². The summed E-state index contributed by atoms with van der Waals surface area (Å²) in [4.78, 5) is 10.4. The lowest BCUT2D eigenvalue weighted by atomic mass is 10.4. The van der Waals surface area contributed by atoms with Gasteiger partial charge in [0.15, 0.2) is 0 Å². The summed E-state index contributed by atoms with van der Waals surface area (Å²) < 4.78 is 31.2. The molecule has 0 spiro atoms. The van der Waals surface area contributed by atoms with E-state index in [1.807, 2.05) is 0 Å². The Morgan fingerprint density at radius 3 is 2.67 bits per heavy atom. The van der Waals surface area contributed by atoms with Crippen LogP contribution in [0.15, 0.2) is 16.5 Å². The number of rotatable bonds is 5. The van der Waals surface area contributed by atoms with Gasteiger partial charge in [-0.15, -0.1) is 0 Å². The molecule has 0 aliphatic carbocycles. The van der Waals surface area contributed by atoms with E-state index in [1.54, 1.807) is 0 Å². The highest BCUT2D eigenvalue weighted by Gasteiger charge is 2.12. The Bertz CT molecular complexity index is 443. The lowest BCUT2D eigenvalue weighted by Crippen LogP contribution is -2.07. The number of carboxylic acids is 1. The fraction of sp³-hybridized carbons (Fsp3) is 0.375. The summed E-state index contributed by atoms with van der Waals surface area (Å²) in [5.74, 6) is -1.44. The number of hydrogen-bond donors (Lipinski definition) is 1. The van der Waals surface area contributed by atoms with E-state index in [-0.39, 0.29) is 23.9 Å². The molecule has 1 heterocycles. The van der Waals surface area contributed by atoms with Gasteiger partial charge in [0.1, 0.15) is 12.4 Å². The Morgan fingerprint density at radius 1 is 1.53 bits per heavy atom. The molecular weight excluding hydrogens is 224 g/mol. The maximum atomic E-state index is 10.9. The van der Waals surface area contributed by atoms with Crippen molar-refractivity contribution in [2.24, 2.45) is 0 Å². The zero-order chi connectivity index (χ0) is 11.5. The summed E-state index contributed by atoms with van der Waals surface area (Å²) >= 11 is 0. The normalized spacial score (nSPS) is 11.5. The van der Waals surface area contributed by atoms with E-state index in [0.29, 0.717) is 0 Å². The molecule has 1 N–H and O–H groups in total. The smallest absolute Gasteiger partial charge is 0.371 e. The van der Waals surface area contributed by atoms with E-state index in [0.717, 1.165) is 0 Å². The molecule has 0 aliphatic rings. The van der Waals surface area contributed by atoms with Gasteiger partial charge in [-0.3, -0.25) is 4.18 Å². The number of aromatic carboxylic acids is 1. The summed E-state index contributed by atoms with van der Waals surface area (Å²) in [5.41, 5.74) is 0. The van der Waals surface area contributed by atoms with Crippen LogP contribution in [0.3, 0.4) is 0 Å². The molecular formula is C8H10O6S. The Hall–Kier alpha value is -1.34. The minimum atomic E-state index is -3.54. The quantitative estimate of drug-likeness (QED) is 0.759. The molecule has 1 rings (SSSR count). The summed E-state index contributed by atoms with van der Waals surface area (Å²) in [7, 11) is -3.54. The Morgan fingerprint density at radius 2 is 2.20 bits per heavy atom. The molecule has 1 aromatic heterocycles. The van der Waals surface area contributed by atoms with Crippen LogP contribution in [-0.2, 0) is 20.9 Å². The molecule has 0 aliphatic heterocycles. The molecule has 0 atom stereocenters. The van der Waals surface area contributed by atoms with Crippen LogP contribution in [0.4, 0.5) is 0 Å². The fourth-order valence-corrected chi connectivity index (χ4v) is 1.26. The molecule has 0 aromatic carbocycles. The lowest BCUT2D eigenvalue weighted by molar-refractivity contribution is 0.0658. The lowest BCUT2D eigenvalue weighted by Gasteiger charge is -1.99. The maximum absolute atomic E-state index is 10.9.